The van der Waals surface area contributed by atoms with Crippen molar-refractivity contribution in [3.8, 4) is 0 Å². The summed E-state index contributed by atoms with van der Waals surface area (Å²) in [7, 11) is 0. The molecule has 0 amide bonds. The molecule has 0 aromatic heterocycles. The molecule has 1 saturated carbocycles. The number of hydrogen-bond donors (Lipinski definition) is 2. The fourth-order valence-corrected chi connectivity index (χ4v) is 1.63. The molecule has 0 radical (unpaired) electrons. The van der Waals surface area contributed by atoms with Gasteiger partial charge < -0.3 is 10.2 Å². The normalized spacial score (nSPS) is 23.2. The Morgan fingerprint density at radius 2 is 2.00 bits per heavy atom. The molecule has 1 rings (SSSR count). The van der Waals surface area contributed by atoms with Crippen molar-refractivity contribution >= 4 is 0 Å². The first kappa shape index (κ1) is 9.01. The summed E-state index contributed by atoms with van der Waals surface area (Å²) in [6.45, 7) is 2.17. The lowest BCUT2D eigenvalue weighted by atomic mass is 9.94. The molecular weight excluding hydrogens is 140 g/mol. The van der Waals surface area contributed by atoms with Gasteiger partial charge in [-0.25, -0.2) is 0 Å². The van der Waals surface area contributed by atoms with Gasteiger partial charge in [0.25, 0.3) is 0 Å². The number of unbranched alkanes of at least 4 members (excludes halogenated alkanes) is 1. The van der Waals surface area contributed by atoms with E-state index in [4.69, 9.17) is 5.11 Å². The van der Waals surface area contributed by atoms with E-state index in [2.05, 4.69) is 0 Å². The Kier molecular flexibility index (Phi) is 2.90. The molecule has 1 fully saturated rings. The van der Waals surface area contributed by atoms with Crippen molar-refractivity contribution in [2.45, 2.75) is 45.1 Å². The van der Waals surface area contributed by atoms with Crippen LogP contribution in [0.25, 0.3) is 0 Å². The highest BCUT2D eigenvalue weighted by molar-refractivity contribution is 4.96. The summed E-state index contributed by atoms with van der Waals surface area (Å²) in [5.41, 5.74) is 0.245. The fourth-order valence-electron chi connectivity index (χ4n) is 1.63. The Hall–Kier alpha value is -0.0800. The van der Waals surface area contributed by atoms with Gasteiger partial charge in [0.15, 0.2) is 0 Å². The Morgan fingerprint density at radius 1 is 1.36 bits per heavy atom. The third-order valence-corrected chi connectivity index (χ3v) is 2.86. The van der Waals surface area contributed by atoms with Gasteiger partial charge in [-0.15, -0.1) is 0 Å². The zero-order valence-electron chi connectivity index (χ0n) is 7.21. The van der Waals surface area contributed by atoms with Crippen LogP contribution in [-0.2, 0) is 0 Å². The molecular formula is C9H18O2. The van der Waals surface area contributed by atoms with Crippen molar-refractivity contribution in [1.82, 2.24) is 0 Å². The van der Waals surface area contributed by atoms with E-state index in [1.165, 1.54) is 12.8 Å². The minimum atomic E-state index is -0.152. The molecule has 1 unspecified atom stereocenters. The highest BCUT2D eigenvalue weighted by atomic mass is 16.3. The number of rotatable bonds is 5. The van der Waals surface area contributed by atoms with E-state index in [1.54, 1.807) is 0 Å². The van der Waals surface area contributed by atoms with Crippen LogP contribution in [0, 0.1) is 5.41 Å². The molecule has 2 nitrogen and oxygen atoms in total. The highest BCUT2D eigenvalue weighted by Crippen LogP contribution is 2.52. The highest BCUT2D eigenvalue weighted by Gasteiger charge is 2.45. The first-order valence-corrected chi connectivity index (χ1v) is 4.50. The van der Waals surface area contributed by atoms with Crippen LogP contribution in [-0.4, -0.2) is 22.9 Å². The van der Waals surface area contributed by atoms with E-state index in [9.17, 15) is 5.11 Å². The predicted molar refractivity (Wildman–Crippen MR) is 44.3 cm³/mol. The minimum Gasteiger partial charge on any atom is -0.396 e. The van der Waals surface area contributed by atoms with Gasteiger partial charge >= 0.3 is 0 Å². The van der Waals surface area contributed by atoms with Crippen LogP contribution in [0.3, 0.4) is 0 Å². The molecule has 0 heterocycles. The van der Waals surface area contributed by atoms with Crippen molar-refractivity contribution in [2.75, 3.05) is 6.61 Å². The maximum Gasteiger partial charge on any atom is 0.0568 e. The summed E-state index contributed by atoms with van der Waals surface area (Å²) < 4.78 is 0. The molecule has 11 heavy (non-hydrogen) atoms. The Morgan fingerprint density at radius 3 is 2.36 bits per heavy atom. The molecule has 66 valence electrons. The van der Waals surface area contributed by atoms with E-state index in [1.807, 2.05) is 6.92 Å². The third kappa shape index (κ3) is 2.17. The topological polar surface area (TPSA) is 40.5 Å². The summed E-state index contributed by atoms with van der Waals surface area (Å²) in [6.07, 6.45) is 5.23. The van der Waals surface area contributed by atoms with Crippen molar-refractivity contribution in [3.63, 3.8) is 0 Å². The molecule has 1 aliphatic carbocycles. The second-order valence-corrected chi connectivity index (χ2v) is 3.72. The van der Waals surface area contributed by atoms with Crippen LogP contribution in [0.1, 0.15) is 39.0 Å². The third-order valence-electron chi connectivity index (χ3n) is 2.86. The molecule has 0 bridgehead atoms. The van der Waals surface area contributed by atoms with E-state index in [0.29, 0.717) is 0 Å². The molecule has 0 aromatic rings. The van der Waals surface area contributed by atoms with Crippen LogP contribution >= 0.6 is 0 Å². The molecule has 0 saturated heterocycles. The van der Waals surface area contributed by atoms with Crippen LogP contribution in [0.4, 0.5) is 0 Å². The van der Waals surface area contributed by atoms with Gasteiger partial charge in [0, 0.05) is 6.61 Å². The Bertz CT molecular complexity index is 117. The second kappa shape index (κ2) is 3.55. The van der Waals surface area contributed by atoms with E-state index in [-0.39, 0.29) is 18.1 Å². The lowest BCUT2D eigenvalue weighted by molar-refractivity contribution is 0.101. The maximum atomic E-state index is 9.38. The average molecular weight is 158 g/mol. The van der Waals surface area contributed by atoms with Crippen LogP contribution in [0.15, 0.2) is 0 Å². The fraction of sp³-hybridized carbons (Fsp3) is 1.00. The molecule has 0 aromatic carbocycles. The van der Waals surface area contributed by atoms with Gasteiger partial charge in [-0.05, 0) is 38.0 Å². The lowest BCUT2D eigenvalue weighted by Gasteiger charge is -2.17. The van der Waals surface area contributed by atoms with Gasteiger partial charge in [0.05, 0.1) is 6.10 Å². The van der Waals surface area contributed by atoms with E-state index < -0.39 is 0 Å². The van der Waals surface area contributed by atoms with E-state index >= 15 is 0 Å². The zero-order chi connectivity index (χ0) is 8.32. The lowest BCUT2D eigenvalue weighted by Crippen LogP contribution is -2.17. The Labute approximate surface area is 68.2 Å². The summed E-state index contributed by atoms with van der Waals surface area (Å²) >= 11 is 0. The number of aliphatic hydroxyl groups is 2. The van der Waals surface area contributed by atoms with Crippen LogP contribution < -0.4 is 0 Å². The van der Waals surface area contributed by atoms with Crippen molar-refractivity contribution < 1.29 is 10.2 Å². The van der Waals surface area contributed by atoms with Crippen molar-refractivity contribution in [2.24, 2.45) is 5.41 Å². The minimum absolute atomic E-state index is 0.152. The van der Waals surface area contributed by atoms with Gasteiger partial charge in [-0.3, -0.25) is 0 Å². The quantitative estimate of drug-likeness (QED) is 0.592. The molecule has 0 aliphatic heterocycles. The number of aliphatic hydroxyl groups excluding tert-OH is 2. The predicted octanol–water partition coefficient (Wildman–Crippen LogP) is 1.31. The Balaban J connectivity index is 2.14. The molecule has 1 atom stereocenters. The SMILES string of the molecule is CC(O)C1(CCCCO)CC1. The zero-order valence-corrected chi connectivity index (χ0v) is 7.21. The molecule has 0 spiro atoms. The summed E-state index contributed by atoms with van der Waals surface area (Å²) in [6, 6.07) is 0. The molecule has 2 heteroatoms. The smallest absolute Gasteiger partial charge is 0.0568 e. The van der Waals surface area contributed by atoms with Crippen LogP contribution in [0.5, 0.6) is 0 Å². The van der Waals surface area contributed by atoms with Gasteiger partial charge in [-0.1, -0.05) is 6.42 Å². The van der Waals surface area contributed by atoms with E-state index in [0.717, 1.165) is 19.3 Å². The first-order valence-electron chi connectivity index (χ1n) is 4.50. The van der Waals surface area contributed by atoms with Crippen molar-refractivity contribution in [1.29, 1.82) is 0 Å². The molecule has 2 N–H and O–H groups in total. The summed E-state index contributed by atoms with van der Waals surface area (Å²) in [5, 5.41) is 17.9. The first-order chi connectivity index (χ1) is 5.21. The summed E-state index contributed by atoms with van der Waals surface area (Å²) in [5.74, 6) is 0. The second-order valence-electron chi connectivity index (χ2n) is 3.72. The average Bonchev–Trinajstić information content (AvgIpc) is 2.70. The molecule has 1 aliphatic rings. The van der Waals surface area contributed by atoms with Gasteiger partial charge in [-0.2, -0.15) is 0 Å². The van der Waals surface area contributed by atoms with Crippen LogP contribution in [0.2, 0.25) is 0 Å². The standard InChI is InChI=1S/C9H18O2/c1-8(11)9(5-6-9)4-2-3-7-10/h8,10-11H,2-7H2,1H3. The maximum absolute atomic E-state index is 9.38. The summed E-state index contributed by atoms with van der Waals surface area (Å²) in [4.78, 5) is 0. The number of hydrogen-bond acceptors (Lipinski definition) is 2. The van der Waals surface area contributed by atoms with Gasteiger partial charge in [0.1, 0.15) is 0 Å². The van der Waals surface area contributed by atoms with Crippen molar-refractivity contribution in [3.05, 3.63) is 0 Å². The monoisotopic (exact) mass is 158 g/mol. The van der Waals surface area contributed by atoms with Gasteiger partial charge in [0.2, 0.25) is 0 Å². The largest absolute Gasteiger partial charge is 0.396 e.